The molecule has 2 aromatic rings. The third kappa shape index (κ3) is 2.92. The Morgan fingerprint density at radius 1 is 0.917 bits per heavy atom. The van der Waals surface area contributed by atoms with Gasteiger partial charge in [-0.15, -0.1) is 0 Å². The van der Waals surface area contributed by atoms with Crippen LogP contribution in [-0.4, -0.2) is 22.2 Å². The lowest BCUT2D eigenvalue weighted by molar-refractivity contribution is -0.139. The van der Waals surface area contributed by atoms with Gasteiger partial charge in [0.05, 0.1) is 5.92 Å². The van der Waals surface area contributed by atoms with Crippen LogP contribution in [0.1, 0.15) is 30.4 Å². The minimum Gasteiger partial charge on any atom is -0.481 e. The molecule has 0 spiro atoms. The van der Waals surface area contributed by atoms with E-state index in [1.807, 2.05) is 60.7 Å². The summed E-state index contributed by atoms with van der Waals surface area (Å²) in [6.45, 7) is 0. The van der Waals surface area contributed by atoms with Crippen molar-refractivity contribution in [3.63, 3.8) is 0 Å². The Labute approximate surface area is 140 Å². The van der Waals surface area contributed by atoms with E-state index < -0.39 is 23.3 Å². The molecule has 0 amide bonds. The highest BCUT2D eigenvalue weighted by molar-refractivity contribution is 5.75. The summed E-state index contributed by atoms with van der Waals surface area (Å²) in [5, 5.41) is 18.7. The van der Waals surface area contributed by atoms with Crippen LogP contribution in [0, 0.1) is 11.8 Å². The summed E-state index contributed by atoms with van der Waals surface area (Å²) in [5.74, 6) is -2.16. The van der Waals surface area contributed by atoms with E-state index in [4.69, 9.17) is 0 Å². The van der Waals surface area contributed by atoms with Gasteiger partial charge in [0.1, 0.15) is 0 Å². The first-order valence-electron chi connectivity index (χ1n) is 8.11. The monoisotopic (exact) mass is 324 g/mol. The predicted octanol–water partition coefficient (Wildman–Crippen LogP) is 3.56. The van der Waals surface area contributed by atoms with E-state index in [0.717, 1.165) is 11.1 Å². The fourth-order valence-corrected chi connectivity index (χ4v) is 3.86. The van der Waals surface area contributed by atoms with Crippen LogP contribution in [-0.2, 0) is 15.0 Å². The maximum Gasteiger partial charge on any atom is 0.306 e. The lowest BCUT2D eigenvalue weighted by Crippen LogP contribution is -2.33. The number of aliphatic carboxylic acids is 2. The summed E-state index contributed by atoms with van der Waals surface area (Å²) in [6.07, 6.45) is 0.982. The van der Waals surface area contributed by atoms with Gasteiger partial charge in [0.2, 0.25) is 0 Å². The van der Waals surface area contributed by atoms with Crippen LogP contribution in [0.2, 0.25) is 0 Å². The standard InChI is InChI=1S/C20H20O4/c21-18(22)11-12-20(14-7-3-1-4-8-14,15-9-5-2-6-10-15)17-13-16(17)19(23)24/h1-10,16-17H,11-13H2,(H,21,22)(H,23,24). The molecule has 24 heavy (non-hydrogen) atoms. The normalized spacial score (nSPS) is 19.7. The van der Waals surface area contributed by atoms with E-state index in [-0.39, 0.29) is 12.3 Å². The minimum absolute atomic E-state index is 0.00658. The highest BCUT2D eigenvalue weighted by Crippen LogP contribution is 2.57. The Morgan fingerprint density at radius 3 is 1.79 bits per heavy atom. The second kappa shape index (κ2) is 6.48. The van der Waals surface area contributed by atoms with E-state index in [1.54, 1.807) is 0 Å². The van der Waals surface area contributed by atoms with Gasteiger partial charge in [-0.05, 0) is 29.9 Å². The maximum atomic E-state index is 11.5. The third-order valence-electron chi connectivity index (χ3n) is 5.05. The Balaban J connectivity index is 2.13. The van der Waals surface area contributed by atoms with Crippen LogP contribution in [0.4, 0.5) is 0 Å². The average molecular weight is 324 g/mol. The molecule has 1 fully saturated rings. The van der Waals surface area contributed by atoms with Crippen LogP contribution >= 0.6 is 0 Å². The molecule has 0 saturated heterocycles. The molecule has 2 N–H and O–H groups in total. The molecule has 0 bridgehead atoms. The molecule has 0 radical (unpaired) electrons. The van der Waals surface area contributed by atoms with Gasteiger partial charge in [0, 0.05) is 11.8 Å². The fraction of sp³-hybridized carbons (Fsp3) is 0.300. The zero-order valence-corrected chi connectivity index (χ0v) is 13.3. The van der Waals surface area contributed by atoms with Gasteiger partial charge in [-0.2, -0.15) is 0 Å². The minimum atomic E-state index is -0.862. The van der Waals surface area contributed by atoms with Crippen LogP contribution in [0.3, 0.4) is 0 Å². The second-order valence-electron chi connectivity index (χ2n) is 6.38. The SMILES string of the molecule is O=C(O)CCC(c1ccccc1)(c1ccccc1)C1CC1C(=O)O. The Hall–Kier alpha value is -2.62. The van der Waals surface area contributed by atoms with Gasteiger partial charge in [-0.1, -0.05) is 60.7 Å². The predicted molar refractivity (Wildman–Crippen MR) is 89.8 cm³/mol. The van der Waals surface area contributed by atoms with E-state index in [2.05, 4.69) is 0 Å². The van der Waals surface area contributed by atoms with Crippen molar-refractivity contribution in [2.45, 2.75) is 24.7 Å². The smallest absolute Gasteiger partial charge is 0.306 e. The van der Waals surface area contributed by atoms with E-state index in [9.17, 15) is 19.8 Å². The molecule has 124 valence electrons. The van der Waals surface area contributed by atoms with Crippen LogP contribution in [0.5, 0.6) is 0 Å². The van der Waals surface area contributed by atoms with Crippen molar-refractivity contribution in [1.82, 2.24) is 0 Å². The van der Waals surface area contributed by atoms with Crippen molar-refractivity contribution in [3.05, 3.63) is 71.8 Å². The lowest BCUT2D eigenvalue weighted by atomic mass is 9.67. The Kier molecular flexibility index (Phi) is 4.38. The highest BCUT2D eigenvalue weighted by atomic mass is 16.4. The van der Waals surface area contributed by atoms with Gasteiger partial charge in [-0.25, -0.2) is 0 Å². The first kappa shape index (κ1) is 16.2. The summed E-state index contributed by atoms with van der Waals surface area (Å²) >= 11 is 0. The van der Waals surface area contributed by atoms with Crippen molar-refractivity contribution in [2.24, 2.45) is 11.8 Å². The summed E-state index contributed by atoms with van der Waals surface area (Å²) < 4.78 is 0. The third-order valence-corrected chi connectivity index (χ3v) is 5.05. The van der Waals surface area contributed by atoms with Crippen molar-refractivity contribution < 1.29 is 19.8 Å². The lowest BCUT2D eigenvalue weighted by Gasteiger charge is -2.36. The molecule has 0 aliphatic heterocycles. The number of benzene rings is 2. The number of rotatable bonds is 7. The maximum absolute atomic E-state index is 11.5. The van der Waals surface area contributed by atoms with E-state index >= 15 is 0 Å². The topological polar surface area (TPSA) is 74.6 Å². The number of hydrogen-bond donors (Lipinski definition) is 2. The number of carbonyl (C=O) groups is 2. The van der Waals surface area contributed by atoms with Gasteiger partial charge < -0.3 is 10.2 Å². The summed E-state index contributed by atoms with van der Waals surface area (Å²) in [7, 11) is 0. The van der Waals surface area contributed by atoms with Gasteiger partial charge in [-0.3, -0.25) is 9.59 Å². The van der Waals surface area contributed by atoms with Crippen LogP contribution in [0.25, 0.3) is 0 Å². The summed E-state index contributed by atoms with van der Waals surface area (Å²) in [4.78, 5) is 22.8. The first-order valence-corrected chi connectivity index (χ1v) is 8.11. The molecular formula is C20H20O4. The van der Waals surface area contributed by atoms with Gasteiger partial charge in [0.15, 0.2) is 0 Å². The highest BCUT2D eigenvalue weighted by Gasteiger charge is 2.57. The molecule has 0 heterocycles. The first-order chi connectivity index (χ1) is 11.6. The molecule has 1 saturated carbocycles. The molecule has 4 heteroatoms. The summed E-state index contributed by atoms with van der Waals surface area (Å²) in [5.41, 5.74) is 1.40. The molecular weight excluding hydrogens is 304 g/mol. The summed E-state index contributed by atoms with van der Waals surface area (Å²) in [6, 6.07) is 19.4. The molecule has 3 rings (SSSR count). The largest absolute Gasteiger partial charge is 0.481 e. The van der Waals surface area contributed by atoms with Crippen molar-refractivity contribution in [1.29, 1.82) is 0 Å². The molecule has 4 nitrogen and oxygen atoms in total. The molecule has 2 unspecified atom stereocenters. The zero-order valence-electron chi connectivity index (χ0n) is 13.3. The van der Waals surface area contributed by atoms with Gasteiger partial charge in [0.25, 0.3) is 0 Å². The number of hydrogen-bond acceptors (Lipinski definition) is 2. The fourth-order valence-electron chi connectivity index (χ4n) is 3.86. The second-order valence-corrected chi connectivity index (χ2v) is 6.38. The van der Waals surface area contributed by atoms with E-state index in [0.29, 0.717) is 12.8 Å². The van der Waals surface area contributed by atoms with Crippen molar-refractivity contribution in [2.75, 3.05) is 0 Å². The van der Waals surface area contributed by atoms with Crippen molar-refractivity contribution >= 4 is 11.9 Å². The molecule has 1 aliphatic rings. The van der Waals surface area contributed by atoms with Crippen molar-refractivity contribution in [3.8, 4) is 0 Å². The Bertz CT molecular complexity index is 684. The zero-order chi connectivity index (χ0) is 17.2. The van der Waals surface area contributed by atoms with Crippen LogP contribution < -0.4 is 0 Å². The molecule has 2 atom stereocenters. The quantitative estimate of drug-likeness (QED) is 0.816. The number of carboxylic acids is 2. The molecule has 0 aromatic heterocycles. The number of carboxylic acid groups (broad SMARTS) is 2. The molecule has 1 aliphatic carbocycles. The van der Waals surface area contributed by atoms with E-state index in [1.165, 1.54) is 0 Å². The van der Waals surface area contributed by atoms with Crippen LogP contribution in [0.15, 0.2) is 60.7 Å². The molecule has 2 aromatic carbocycles. The Morgan fingerprint density at radius 2 is 1.42 bits per heavy atom. The average Bonchev–Trinajstić information content (AvgIpc) is 3.39. The van der Waals surface area contributed by atoms with Gasteiger partial charge >= 0.3 is 11.9 Å².